The van der Waals surface area contributed by atoms with Crippen molar-refractivity contribution in [1.29, 1.82) is 0 Å². The number of ketones is 1. The van der Waals surface area contributed by atoms with Gasteiger partial charge in [0.2, 0.25) is 0 Å². The molecule has 8 unspecified atom stereocenters. The maximum absolute atomic E-state index is 12.5. The molecule has 0 aromatic heterocycles. The van der Waals surface area contributed by atoms with Crippen LogP contribution in [-0.2, 0) is 40.5 Å². The van der Waals surface area contributed by atoms with Gasteiger partial charge in [-0.05, 0) is 0 Å². The molecule has 4 N–H and O–H groups in total. The molecule has 1 aliphatic heterocycles. The minimum atomic E-state index is -5.55. The van der Waals surface area contributed by atoms with Gasteiger partial charge in [-0.25, -0.2) is 18.0 Å². The van der Waals surface area contributed by atoms with Crippen LogP contribution < -0.4 is 0 Å². The molecule has 0 bridgehead atoms. The molecule has 1 heterocycles. The summed E-state index contributed by atoms with van der Waals surface area (Å²) in [6.07, 6.45) is -6.27. The van der Waals surface area contributed by atoms with Crippen LogP contribution in [0.15, 0.2) is 30.3 Å². The molecule has 14 nitrogen and oxygen atoms in total. The number of thiol groups is 2. The Morgan fingerprint density at radius 1 is 0.970 bits per heavy atom. The molecule has 1 aromatic rings. The van der Waals surface area contributed by atoms with Gasteiger partial charge in [0.15, 0.2) is 5.78 Å². The van der Waals surface area contributed by atoms with Gasteiger partial charge in [-0.2, -0.15) is 8.62 Å². The third-order valence-corrected chi connectivity index (χ3v) is 11.9. The van der Waals surface area contributed by atoms with E-state index in [1.807, 2.05) is 0 Å². The van der Waals surface area contributed by atoms with E-state index in [2.05, 4.69) is 37.4 Å². The monoisotopic (exact) mass is 588 g/mol. The zero-order chi connectivity index (χ0) is 25.2. The lowest BCUT2D eigenvalue weighted by atomic mass is 10.0. The smallest absolute Gasteiger partial charge is 0.387 e. The summed E-state index contributed by atoms with van der Waals surface area (Å²) < 4.78 is 69.4. The fraction of sp³-hybridized carbons (Fsp3) is 0.462. The third-order valence-electron chi connectivity index (χ3n) is 3.75. The highest BCUT2D eigenvalue weighted by Crippen LogP contribution is 2.75. The molecule has 8 atom stereocenters. The van der Waals surface area contributed by atoms with Crippen LogP contribution in [0.4, 0.5) is 0 Å². The topological polar surface area (TPSA) is 212 Å². The van der Waals surface area contributed by atoms with Gasteiger partial charge in [-0.15, -0.1) is 0 Å². The fourth-order valence-electron chi connectivity index (χ4n) is 2.54. The minimum Gasteiger partial charge on any atom is -0.387 e. The largest absolute Gasteiger partial charge is 0.487 e. The number of carbonyl (C=O) groups is 1. The van der Waals surface area contributed by atoms with Crippen molar-refractivity contribution in [3.8, 4) is 0 Å². The number of aliphatic hydroxyl groups excluding tert-OH is 2. The number of rotatable bonds is 11. The number of carbonyl (C=O) groups excluding carboxylic acids is 1. The molecule has 188 valence electrons. The normalized spacial score (nSPS) is 30.5. The lowest BCUT2D eigenvalue weighted by Gasteiger charge is -2.21. The van der Waals surface area contributed by atoms with Gasteiger partial charge in [0.05, 0.1) is 6.61 Å². The minimum absolute atomic E-state index is 0.190. The van der Waals surface area contributed by atoms with Crippen molar-refractivity contribution in [2.75, 3.05) is 13.3 Å². The Kier molecular flexibility index (Phi) is 9.83. The first-order chi connectivity index (χ1) is 14.9. The second kappa shape index (κ2) is 11.0. The van der Waals surface area contributed by atoms with Crippen LogP contribution in [0.25, 0.3) is 0 Å². The number of ether oxygens (including phenoxy) is 1. The summed E-state index contributed by atoms with van der Waals surface area (Å²) in [5.41, 5.74) is 0.190. The first-order valence-corrected chi connectivity index (χ1v) is 17.5. The highest BCUT2D eigenvalue weighted by Gasteiger charge is 2.48. The summed E-state index contributed by atoms with van der Waals surface area (Å²) in [5.74, 6) is -0.648. The first-order valence-electron chi connectivity index (χ1n) is 8.59. The summed E-state index contributed by atoms with van der Waals surface area (Å²) in [4.78, 5) is 31.1. The van der Waals surface area contributed by atoms with Crippen molar-refractivity contribution in [2.24, 2.45) is 0 Å². The molecule has 20 heteroatoms. The number of benzene rings is 1. The Labute approximate surface area is 198 Å². The second-order valence-corrected chi connectivity index (χ2v) is 16.1. The van der Waals surface area contributed by atoms with Crippen LogP contribution in [0.5, 0.6) is 0 Å². The van der Waals surface area contributed by atoms with Crippen LogP contribution in [0, 0.1) is 0 Å². The maximum atomic E-state index is 12.5. The van der Waals surface area contributed by atoms with Crippen molar-refractivity contribution in [3.63, 3.8) is 0 Å². The Morgan fingerprint density at radius 3 is 2.06 bits per heavy atom. The highest BCUT2D eigenvalue weighted by molar-refractivity contribution is 8.46. The predicted molar refractivity (Wildman–Crippen MR) is 119 cm³/mol. The Morgan fingerprint density at radius 2 is 1.52 bits per heavy atom. The molecular weight excluding hydrogens is 568 g/mol. The average Bonchev–Trinajstić information content (AvgIpc) is 2.91. The quantitative estimate of drug-likeness (QED) is 0.125. The van der Waals surface area contributed by atoms with Crippen molar-refractivity contribution >= 4 is 59.3 Å². The number of hydrogen-bond donors (Lipinski definition) is 6. The van der Waals surface area contributed by atoms with Crippen LogP contribution in [0.1, 0.15) is 10.4 Å². The number of hydrogen-bond acceptors (Lipinski definition) is 12. The number of aliphatic hydroxyl groups is 2. The van der Waals surface area contributed by atoms with Crippen molar-refractivity contribution in [1.82, 2.24) is 0 Å². The molecule has 1 saturated heterocycles. The number of phosphoric acid groups is 1. The van der Waals surface area contributed by atoms with Crippen LogP contribution in [0.2, 0.25) is 0 Å². The van der Waals surface area contributed by atoms with Crippen molar-refractivity contribution < 1.29 is 65.2 Å². The van der Waals surface area contributed by atoms with E-state index in [1.165, 1.54) is 12.1 Å². The summed E-state index contributed by atoms with van der Waals surface area (Å²) in [7, 11) is -10.0. The standard InChI is InChI=1S/C13H20O14P4S2/c1-28(17,18)25-31(22,33)27-29(19,20)26-30(21,32)23-7-9-11(15)12(16)13(24-9)10(14)8-5-3-2-4-6-8/h2-6,9,11-13,15-16H,7H2,1H3,(H,17,18)(H,19,20)(H,21,32)(H,22,33). The second-order valence-electron chi connectivity index (χ2n) is 6.56. The van der Waals surface area contributed by atoms with E-state index in [0.717, 1.165) is 0 Å². The Balaban J connectivity index is 1.99. The molecule has 1 aliphatic rings. The van der Waals surface area contributed by atoms with Crippen molar-refractivity contribution in [2.45, 2.75) is 24.4 Å². The number of Topliss-reactive ketones (excluding diaryl/α,β-unsaturated/α-hetero) is 1. The molecule has 33 heavy (non-hydrogen) atoms. The van der Waals surface area contributed by atoms with Gasteiger partial charge in [0.25, 0.3) is 0 Å². The zero-order valence-corrected chi connectivity index (χ0v) is 21.8. The van der Waals surface area contributed by atoms with Crippen molar-refractivity contribution in [3.05, 3.63) is 35.9 Å². The molecule has 0 spiro atoms. The lowest BCUT2D eigenvalue weighted by molar-refractivity contribution is -0.0113. The van der Waals surface area contributed by atoms with E-state index < -0.39 is 65.8 Å². The van der Waals surface area contributed by atoms with Gasteiger partial charge in [-0.1, -0.05) is 54.8 Å². The van der Waals surface area contributed by atoms with Gasteiger partial charge in [-0.3, -0.25) is 13.9 Å². The molecule has 2 rings (SSSR count). The van der Waals surface area contributed by atoms with Crippen LogP contribution in [-0.4, -0.2) is 63.5 Å². The van der Waals surface area contributed by atoms with E-state index in [0.29, 0.717) is 6.66 Å². The summed E-state index contributed by atoms with van der Waals surface area (Å²) in [6.45, 7) is -9.98. The highest BCUT2D eigenvalue weighted by atomic mass is 32.7. The summed E-state index contributed by atoms with van der Waals surface area (Å²) >= 11 is 6.66. The van der Waals surface area contributed by atoms with Gasteiger partial charge >= 0.3 is 29.0 Å². The Bertz CT molecular complexity index is 1050. The molecule has 0 amide bonds. The zero-order valence-electron chi connectivity index (χ0n) is 16.5. The van der Waals surface area contributed by atoms with E-state index in [-0.39, 0.29) is 5.56 Å². The Hall–Kier alpha value is 0.150. The summed E-state index contributed by atoms with van der Waals surface area (Å²) in [5, 5.41) is 20.2. The van der Waals surface area contributed by atoms with Gasteiger partial charge < -0.3 is 24.7 Å². The van der Waals surface area contributed by atoms with Gasteiger partial charge in [0.1, 0.15) is 24.4 Å². The lowest BCUT2D eigenvalue weighted by Crippen LogP contribution is -2.37. The molecule has 1 fully saturated rings. The van der Waals surface area contributed by atoms with E-state index in [9.17, 15) is 38.2 Å². The third kappa shape index (κ3) is 9.27. The van der Waals surface area contributed by atoms with Crippen LogP contribution >= 0.6 is 53.5 Å². The van der Waals surface area contributed by atoms with E-state index >= 15 is 0 Å². The van der Waals surface area contributed by atoms with Gasteiger partial charge in [0, 0.05) is 12.2 Å². The molecule has 0 radical (unpaired) electrons. The summed E-state index contributed by atoms with van der Waals surface area (Å²) in [6, 6.07) is 7.72. The fourth-order valence-corrected chi connectivity index (χ4v) is 10.5. The van der Waals surface area contributed by atoms with Crippen LogP contribution in [0.3, 0.4) is 0 Å². The molecule has 0 saturated carbocycles. The SMILES string of the molecule is CP(=O)(O)OP(=O)(S)OP(=O)(O)OP(=O)(S)OCC1OC(C(=O)c2ccccc2)C(O)C1O. The molecular formula is C13H20O14P4S2. The van der Waals surface area contributed by atoms with E-state index in [4.69, 9.17) is 14.2 Å². The first kappa shape index (κ1) is 29.4. The predicted octanol–water partition coefficient (Wildman–Crippen LogP) is 2.42. The van der Waals surface area contributed by atoms with E-state index in [1.54, 1.807) is 18.2 Å². The molecule has 0 aliphatic carbocycles. The molecule has 1 aromatic carbocycles. The average molecular weight is 588 g/mol. The maximum Gasteiger partial charge on any atom is 0.487 e.